The van der Waals surface area contributed by atoms with E-state index in [0.717, 1.165) is 0 Å². The van der Waals surface area contributed by atoms with Crippen molar-refractivity contribution in [3.63, 3.8) is 0 Å². The molecular weight excluding hydrogens is 353 g/mol. The first kappa shape index (κ1) is 18.6. The number of carbonyl (C=O) groups is 2. The predicted molar refractivity (Wildman–Crippen MR) is 92.0 cm³/mol. The number of nitrogens with one attached hydrogen (secondary N) is 1. The molecule has 0 aliphatic carbocycles. The molecule has 0 fully saturated rings. The van der Waals surface area contributed by atoms with Crippen molar-refractivity contribution in [3.8, 4) is 0 Å². The third-order valence-electron chi connectivity index (χ3n) is 4.23. The Bertz CT molecular complexity index is 702. The Morgan fingerprint density at radius 2 is 1.83 bits per heavy atom. The Morgan fingerprint density at radius 3 is 2.38 bits per heavy atom. The van der Waals surface area contributed by atoms with Crippen molar-refractivity contribution in [2.45, 2.75) is 25.8 Å². The Hall–Kier alpha value is -1.72. The van der Waals surface area contributed by atoms with Gasteiger partial charge in [-0.05, 0) is 31.5 Å². The van der Waals surface area contributed by atoms with Crippen LogP contribution in [0.4, 0.5) is 0 Å². The molecule has 0 bridgehead atoms. The number of rotatable bonds is 3. The second-order valence-corrected chi connectivity index (χ2v) is 6.50. The minimum Gasteiger partial charge on any atom is -0.469 e. The molecule has 130 valence electrons. The van der Waals surface area contributed by atoms with Gasteiger partial charge in [0.05, 0.1) is 25.7 Å². The summed E-state index contributed by atoms with van der Waals surface area (Å²) in [4.78, 5) is 24.8. The highest BCUT2D eigenvalue weighted by atomic mass is 35.5. The maximum absolute atomic E-state index is 12.4. The van der Waals surface area contributed by atoms with Gasteiger partial charge in [0, 0.05) is 27.7 Å². The van der Waals surface area contributed by atoms with Crippen LogP contribution in [-0.4, -0.2) is 32.2 Å². The molecule has 0 saturated heterocycles. The molecule has 3 unspecified atom stereocenters. The quantitative estimate of drug-likeness (QED) is 0.825. The molecular formula is C17H19Cl2NO4. The summed E-state index contributed by atoms with van der Waals surface area (Å²) in [5.41, 5.74) is 1.63. The molecule has 5 nitrogen and oxygen atoms in total. The molecule has 2 rings (SSSR count). The zero-order chi connectivity index (χ0) is 18.0. The average molecular weight is 372 g/mol. The molecule has 1 aliphatic heterocycles. The van der Waals surface area contributed by atoms with Gasteiger partial charge in [0.25, 0.3) is 0 Å². The molecule has 1 aromatic rings. The number of benzene rings is 1. The lowest BCUT2D eigenvalue weighted by Gasteiger charge is -2.38. The van der Waals surface area contributed by atoms with Crippen LogP contribution in [-0.2, 0) is 19.1 Å². The molecule has 0 aromatic heterocycles. The van der Waals surface area contributed by atoms with Crippen molar-refractivity contribution < 1.29 is 19.1 Å². The van der Waals surface area contributed by atoms with Crippen molar-refractivity contribution in [1.82, 2.24) is 5.32 Å². The lowest BCUT2D eigenvalue weighted by Crippen LogP contribution is -2.47. The summed E-state index contributed by atoms with van der Waals surface area (Å²) in [6.45, 7) is 3.63. The fourth-order valence-electron chi connectivity index (χ4n) is 3.18. The zero-order valence-electron chi connectivity index (χ0n) is 13.9. The Morgan fingerprint density at radius 1 is 1.17 bits per heavy atom. The molecule has 7 heteroatoms. The molecule has 3 atom stereocenters. The van der Waals surface area contributed by atoms with Crippen LogP contribution >= 0.6 is 23.2 Å². The molecule has 0 radical (unpaired) electrons. The van der Waals surface area contributed by atoms with E-state index in [1.807, 2.05) is 6.92 Å². The minimum absolute atomic E-state index is 0.248. The number of methoxy groups -OCH3 is 2. The van der Waals surface area contributed by atoms with E-state index in [2.05, 4.69) is 5.32 Å². The van der Waals surface area contributed by atoms with E-state index in [0.29, 0.717) is 26.9 Å². The molecule has 1 aromatic carbocycles. The summed E-state index contributed by atoms with van der Waals surface area (Å²) in [7, 11) is 2.62. The molecule has 1 heterocycles. The first-order valence-electron chi connectivity index (χ1n) is 7.40. The summed E-state index contributed by atoms with van der Waals surface area (Å²) in [6, 6.07) is 4.74. The lowest BCUT2D eigenvalue weighted by molar-refractivity contribution is -0.147. The van der Waals surface area contributed by atoms with Gasteiger partial charge in [0.15, 0.2) is 0 Å². The molecule has 1 N–H and O–H groups in total. The smallest absolute Gasteiger partial charge is 0.336 e. The number of carbonyl (C=O) groups excluding carboxylic acids is 2. The molecule has 1 aliphatic rings. The Balaban J connectivity index is 2.69. The van der Waals surface area contributed by atoms with Gasteiger partial charge in [0.2, 0.25) is 0 Å². The summed E-state index contributed by atoms with van der Waals surface area (Å²) in [5.74, 6) is -2.17. The van der Waals surface area contributed by atoms with E-state index in [4.69, 9.17) is 32.7 Å². The van der Waals surface area contributed by atoms with Gasteiger partial charge in [-0.2, -0.15) is 0 Å². The van der Waals surface area contributed by atoms with Gasteiger partial charge in [-0.25, -0.2) is 4.79 Å². The monoisotopic (exact) mass is 371 g/mol. The van der Waals surface area contributed by atoms with Gasteiger partial charge < -0.3 is 14.8 Å². The Labute approximate surface area is 150 Å². The van der Waals surface area contributed by atoms with E-state index >= 15 is 0 Å². The number of esters is 2. The molecule has 0 saturated carbocycles. The van der Waals surface area contributed by atoms with Crippen LogP contribution in [0.2, 0.25) is 10.0 Å². The van der Waals surface area contributed by atoms with Gasteiger partial charge in [-0.15, -0.1) is 0 Å². The van der Waals surface area contributed by atoms with Crippen molar-refractivity contribution in [1.29, 1.82) is 0 Å². The number of ether oxygens (including phenoxy) is 2. The number of allylic oxidation sites excluding steroid dienone is 1. The van der Waals surface area contributed by atoms with Crippen LogP contribution in [0, 0.1) is 5.92 Å². The van der Waals surface area contributed by atoms with E-state index < -0.39 is 23.8 Å². The summed E-state index contributed by atoms with van der Waals surface area (Å²) in [6.07, 6.45) is 0. The van der Waals surface area contributed by atoms with Crippen LogP contribution in [0.3, 0.4) is 0 Å². The van der Waals surface area contributed by atoms with Crippen LogP contribution < -0.4 is 5.32 Å². The van der Waals surface area contributed by atoms with E-state index in [-0.39, 0.29) is 6.04 Å². The fraction of sp³-hybridized carbons (Fsp3) is 0.412. The number of halogens is 2. The minimum atomic E-state index is -0.633. The summed E-state index contributed by atoms with van der Waals surface area (Å²) in [5, 5.41) is 4.00. The van der Waals surface area contributed by atoms with E-state index in [1.54, 1.807) is 25.1 Å². The van der Waals surface area contributed by atoms with Gasteiger partial charge in [0.1, 0.15) is 0 Å². The molecule has 24 heavy (non-hydrogen) atoms. The second-order valence-electron chi connectivity index (χ2n) is 5.66. The van der Waals surface area contributed by atoms with Crippen LogP contribution in [0.5, 0.6) is 0 Å². The topological polar surface area (TPSA) is 64.6 Å². The summed E-state index contributed by atoms with van der Waals surface area (Å²) >= 11 is 12.3. The van der Waals surface area contributed by atoms with Crippen molar-refractivity contribution in [2.24, 2.45) is 5.92 Å². The zero-order valence-corrected chi connectivity index (χ0v) is 15.4. The normalized spacial score (nSPS) is 23.5. The van der Waals surface area contributed by atoms with Crippen molar-refractivity contribution in [3.05, 3.63) is 45.1 Å². The highest BCUT2D eigenvalue weighted by Crippen LogP contribution is 2.43. The highest BCUT2D eigenvalue weighted by molar-refractivity contribution is 6.35. The SMILES string of the molecule is COC(=O)C1=C(C)NC(C)C(C(=O)OC)C1c1ccc(Cl)cc1Cl. The number of hydrogen-bond donors (Lipinski definition) is 1. The first-order chi connectivity index (χ1) is 11.3. The average Bonchev–Trinajstić information content (AvgIpc) is 2.53. The maximum atomic E-state index is 12.4. The third kappa shape index (κ3) is 3.37. The van der Waals surface area contributed by atoms with E-state index in [1.165, 1.54) is 14.2 Å². The van der Waals surface area contributed by atoms with Crippen molar-refractivity contribution in [2.75, 3.05) is 14.2 Å². The van der Waals surface area contributed by atoms with Gasteiger partial charge in [-0.1, -0.05) is 29.3 Å². The molecule has 0 spiro atoms. The first-order valence-corrected chi connectivity index (χ1v) is 8.15. The lowest BCUT2D eigenvalue weighted by atomic mass is 9.74. The maximum Gasteiger partial charge on any atom is 0.336 e. The van der Waals surface area contributed by atoms with Gasteiger partial charge >= 0.3 is 11.9 Å². The highest BCUT2D eigenvalue weighted by Gasteiger charge is 2.44. The van der Waals surface area contributed by atoms with E-state index in [9.17, 15) is 9.59 Å². The summed E-state index contributed by atoms with van der Waals surface area (Å²) < 4.78 is 9.86. The van der Waals surface area contributed by atoms with Crippen molar-refractivity contribution >= 4 is 35.1 Å². The predicted octanol–water partition coefficient (Wildman–Crippen LogP) is 3.30. The third-order valence-corrected chi connectivity index (χ3v) is 4.80. The standard InChI is InChI=1S/C17H19Cl2NO4/c1-8-13(16(21)23-3)15(11-6-5-10(18)7-12(11)19)14(9(2)20-8)17(22)24-4/h5-8,13,15,20H,1-4H3. The second kappa shape index (κ2) is 7.45. The molecule has 0 amide bonds. The Kier molecular flexibility index (Phi) is 5.78. The largest absolute Gasteiger partial charge is 0.469 e. The fourth-order valence-corrected chi connectivity index (χ4v) is 3.71. The van der Waals surface area contributed by atoms with Crippen LogP contribution in [0.25, 0.3) is 0 Å². The number of hydrogen-bond acceptors (Lipinski definition) is 5. The van der Waals surface area contributed by atoms with Crippen LogP contribution in [0.15, 0.2) is 29.5 Å². The van der Waals surface area contributed by atoms with Gasteiger partial charge in [-0.3, -0.25) is 4.79 Å². The van der Waals surface area contributed by atoms with Crippen LogP contribution in [0.1, 0.15) is 25.3 Å².